The summed E-state index contributed by atoms with van der Waals surface area (Å²) < 4.78 is 5.22. The molecule has 1 amide bonds. The highest BCUT2D eigenvalue weighted by Gasteiger charge is 2.27. The number of carbonyl (C=O) groups excluding carboxylic acids is 1. The number of hydrogen-bond donors (Lipinski definition) is 1. The van der Waals surface area contributed by atoms with Crippen molar-refractivity contribution in [1.29, 1.82) is 5.26 Å². The summed E-state index contributed by atoms with van der Waals surface area (Å²) in [6.45, 7) is 2.51. The van der Waals surface area contributed by atoms with Gasteiger partial charge in [-0.1, -0.05) is 0 Å². The molecule has 12 heavy (non-hydrogen) atoms. The molecule has 4 heteroatoms. The highest BCUT2D eigenvalue weighted by atomic mass is 16.5. The van der Waals surface area contributed by atoms with Gasteiger partial charge in [-0.2, -0.15) is 5.26 Å². The van der Waals surface area contributed by atoms with Crippen LogP contribution < -0.4 is 5.32 Å². The van der Waals surface area contributed by atoms with Gasteiger partial charge < -0.3 is 10.1 Å². The van der Waals surface area contributed by atoms with Crippen LogP contribution in [0.1, 0.15) is 13.3 Å². The zero-order valence-electron chi connectivity index (χ0n) is 7.04. The van der Waals surface area contributed by atoms with E-state index in [1.165, 1.54) is 0 Å². The van der Waals surface area contributed by atoms with Crippen molar-refractivity contribution in [1.82, 2.24) is 5.32 Å². The van der Waals surface area contributed by atoms with E-state index in [2.05, 4.69) is 5.32 Å². The predicted molar refractivity (Wildman–Crippen MR) is 42.1 cm³/mol. The quantitative estimate of drug-likeness (QED) is 0.593. The summed E-state index contributed by atoms with van der Waals surface area (Å²) in [4.78, 5) is 11.2. The van der Waals surface area contributed by atoms with Gasteiger partial charge in [-0.15, -0.1) is 0 Å². The van der Waals surface area contributed by atoms with Crippen LogP contribution in [0.4, 0.5) is 0 Å². The monoisotopic (exact) mass is 168 g/mol. The Morgan fingerprint density at radius 1 is 1.83 bits per heavy atom. The summed E-state index contributed by atoms with van der Waals surface area (Å²) in [5, 5.41) is 10.7. The van der Waals surface area contributed by atoms with Crippen molar-refractivity contribution in [3.05, 3.63) is 0 Å². The lowest BCUT2D eigenvalue weighted by molar-refractivity contribution is -0.124. The highest BCUT2D eigenvalue weighted by Crippen LogP contribution is 2.18. The molecule has 0 radical (unpaired) electrons. The normalized spacial score (nSPS) is 28.0. The van der Waals surface area contributed by atoms with E-state index in [0.29, 0.717) is 6.61 Å². The summed E-state index contributed by atoms with van der Waals surface area (Å²) in [5.41, 5.74) is 0. The van der Waals surface area contributed by atoms with Crippen molar-refractivity contribution in [2.45, 2.75) is 19.4 Å². The lowest BCUT2D eigenvalue weighted by Gasteiger charge is -2.05. The number of ether oxygens (including phenoxy) is 1. The molecule has 4 nitrogen and oxygen atoms in total. The van der Waals surface area contributed by atoms with Crippen molar-refractivity contribution < 1.29 is 9.53 Å². The molecule has 1 saturated heterocycles. The maximum Gasteiger partial charge on any atom is 0.226 e. The van der Waals surface area contributed by atoms with E-state index in [0.717, 1.165) is 6.42 Å². The second kappa shape index (κ2) is 4.07. The summed E-state index contributed by atoms with van der Waals surface area (Å²) >= 11 is 0. The van der Waals surface area contributed by atoms with Gasteiger partial charge >= 0.3 is 0 Å². The first-order chi connectivity index (χ1) is 5.74. The van der Waals surface area contributed by atoms with Crippen LogP contribution in [0.2, 0.25) is 0 Å². The molecule has 0 aromatic rings. The van der Waals surface area contributed by atoms with Gasteiger partial charge in [0, 0.05) is 0 Å². The summed E-state index contributed by atoms with van der Waals surface area (Å²) in [5.74, 6) is -0.130. The Kier molecular flexibility index (Phi) is 3.06. The fourth-order valence-electron chi connectivity index (χ4n) is 1.27. The standard InChI is InChI=1S/C8H12N2O2/c1-6-4-7(5-12-6)8(11)10-3-2-9/h6-7H,3-5H2,1H3,(H,10,11). The van der Waals surface area contributed by atoms with Crippen molar-refractivity contribution in [3.8, 4) is 6.07 Å². The Hall–Kier alpha value is -1.08. The summed E-state index contributed by atoms with van der Waals surface area (Å²) in [6, 6.07) is 1.86. The fraction of sp³-hybridized carbons (Fsp3) is 0.750. The lowest BCUT2D eigenvalue weighted by atomic mass is 10.1. The molecule has 0 bridgehead atoms. The topological polar surface area (TPSA) is 62.1 Å². The van der Waals surface area contributed by atoms with Gasteiger partial charge in [0.25, 0.3) is 0 Å². The van der Waals surface area contributed by atoms with Gasteiger partial charge in [-0.05, 0) is 13.3 Å². The van der Waals surface area contributed by atoms with Crippen LogP contribution in [0.5, 0.6) is 0 Å². The van der Waals surface area contributed by atoms with Crippen LogP contribution in [0.15, 0.2) is 0 Å². The fourth-order valence-corrected chi connectivity index (χ4v) is 1.27. The maximum absolute atomic E-state index is 11.2. The first-order valence-corrected chi connectivity index (χ1v) is 4.00. The summed E-state index contributed by atoms with van der Waals surface area (Å²) in [7, 11) is 0. The second-order valence-electron chi connectivity index (χ2n) is 2.95. The van der Waals surface area contributed by atoms with Crippen LogP contribution >= 0.6 is 0 Å². The van der Waals surface area contributed by atoms with Crippen LogP contribution in [-0.4, -0.2) is 25.2 Å². The van der Waals surface area contributed by atoms with Gasteiger partial charge in [-0.25, -0.2) is 0 Å². The molecule has 0 spiro atoms. The number of carbonyl (C=O) groups is 1. The molecule has 1 aliphatic rings. The van der Waals surface area contributed by atoms with Crippen molar-refractivity contribution in [3.63, 3.8) is 0 Å². The third-order valence-electron chi connectivity index (χ3n) is 1.91. The Balaban J connectivity index is 2.29. The number of amides is 1. The maximum atomic E-state index is 11.2. The Bertz CT molecular complexity index is 210. The van der Waals surface area contributed by atoms with Gasteiger partial charge in [0.05, 0.1) is 24.7 Å². The largest absolute Gasteiger partial charge is 0.378 e. The molecule has 0 aromatic carbocycles. The van der Waals surface area contributed by atoms with Gasteiger partial charge in [0.2, 0.25) is 5.91 Å². The molecular weight excluding hydrogens is 156 g/mol. The van der Waals surface area contributed by atoms with Gasteiger partial charge in [-0.3, -0.25) is 4.79 Å². The Labute approximate surface area is 71.5 Å². The van der Waals surface area contributed by atoms with Crippen LogP contribution in [0.3, 0.4) is 0 Å². The molecule has 1 heterocycles. The minimum atomic E-state index is -0.0686. The first-order valence-electron chi connectivity index (χ1n) is 4.00. The Morgan fingerprint density at radius 2 is 2.58 bits per heavy atom. The molecule has 1 N–H and O–H groups in total. The number of nitrogens with zero attached hydrogens (tertiary/aromatic N) is 1. The molecular formula is C8H12N2O2. The third-order valence-corrected chi connectivity index (χ3v) is 1.91. The molecule has 0 saturated carbocycles. The van der Waals surface area contributed by atoms with E-state index in [1.807, 2.05) is 13.0 Å². The van der Waals surface area contributed by atoms with E-state index in [9.17, 15) is 4.79 Å². The molecule has 1 aliphatic heterocycles. The minimum absolute atomic E-state index is 0.0617. The van der Waals surface area contributed by atoms with Gasteiger partial charge in [0.15, 0.2) is 0 Å². The van der Waals surface area contributed by atoms with E-state index >= 15 is 0 Å². The van der Waals surface area contributed by atoms with Gasteiger partial charge in [0.1, 0.15) is 6.54 Å². The van der Waals surface area contributed by atoms with E-state index in [4.69, 9.17) is 10.00 Å². The average molecular weight is 168 g/mol. The van der Waals surface area contributed by atoms with Crippen molar-refractivity contribution in [2.24, 2.45) is 5.92 Å². The smallest absolute Gasteiger partial charge is 0.226 e. The second-order valence-corrected chi connectivity index (χ2v) is 2.95. The Morgan fingerprint density at radius 3 is 3.08 bits per heavy atom. The van der Waals surface area contributed by atoms with Crippen LogP contribution in [0, 0.1) is 17.2 Å². The molecule has 1 rings (SSSR count). The van der Waals surface area contributed by atoms with E-state index in [-0.39, 0.29) is 24.5 Å². The van der Waals surface area contributed by atoms with E-state index < -0.39 is 0 Å². The molecule has 2 atom stereocenters. The zero-order valence-corrected chi connectivity index (χ0v) is 7.04. The molecule has 66 valence electrons. The number of nitriles is 1. The molecule has 0 aromatic heterocycles. The molecule has 2 unspecified atom stereocenters. The summed E-state index contributed by atoms with van der Waals surface area (Å²) in [6.07, 6.45) is 0.930. The zero-order chi connectivity index (χ0) is 8.97. The third kappa shape index (κ3) is 2.21. The number of rotatable bonds is 2. The van der Waals surface area contributed by atoms with E-state index in [1.54, 1.807) is 0 Å². The average Bonchev–Trinajstić information content (AvgIpc) is 2.47. The first kappa shape index (κ1) is 9.01. The molecule has 1 fully saturated rings. The number of hydrogen-bond acceptors (Lipinski definition) is 3. The highest BCUT2D eigenvalue weighted by molar-refractivity contribution is 5.79. The van der Waals surface area contributed by atoms with Crippen molar-refractivity contribution >= 4 is 5.91 Å². The minimum Gasteiger partial charge on any atom is -0.378 e. The van der Waals surface area contributed by atoms with Crippen LogP contribution in [-0.2, 0) is 9.53 Å². The predicted octanol–water partition coefficient (Wildman–Crippen LogP) is 0.0512. The molecule has 0 aliphatic carbocycles. The lowest BCUT2D eigenvalue weighted by Crippen LogP contribution is -2.31. The SMILES string of the molecule is CC1CC(C(=O)NCC#N)CO1. The number of nitrogens with one attached hydrogen (secondary N) is 1. The van der Waals surface area contributed by atoms with Crippen LogP contribution in [0.25, 0.3) is 0 Å². The van der Waals surface area contributed by atoms with Crippen molar-refractivity contribution in [2.75, 3.05) is 13.2 Å².